The zero-order valence-electron chi connectivity index (χ0n) is 7.37. The number of carbonyl (C=O) groups excluding carboxylic acids is 1. The van der Waals surface area contributed by atoms with Crippen LogP contribution in [0.25, 0.3) is 10.9 Å². The maximum Gasteiger partial charge on any atom is 0.338 e. The molecule has 0 fully saturated rings. The first-order valence-electron chi connectivity index (χ1n) is 3.93. The van der Waals surface area contributed by atoms with Crippen LogP contribution in [-0.4, -0.2) is 23.3 Å². The molecule has 0 amide bonds. The van der Waals surface area contributed by atoms with E-state index in [1.807, 2.05) is 0 Å². The van der Waals surface area contributed by atoms with Crippen LogP contribution in [0.15, 0.2) is 18.3 Å². The van der Waals surface area contributed by atoms with E-state index in [1.165, 1.54) is 7.11 Å². The lowest BCUT2D eigenvalue weighted by Gasteiger charge is -2.00. The third-order valence-corrected chi connectivity index (χ3v) is 2.15. The van der Waals surface area contributed by atoms with E-state index in [9.17, 15) is 4.79 Å². The minimum Gasteiger partial charge on any atom is -0.465 e. The van der Waals surface area contributed by atoms with Gasteiger partial charge in [-0.05, 0) is 12.1 Å². The van der Waals surface area contributed by atoms with Gasteiger partial charge in [0.2, 0.25) is 0 Å². The molecule has 2 aromatic rings. The molecule has 0 unspecified atom stereocenters. The Morgan fingerprint density at radius 2 is 2.36 bits per heavy atom. The number of aromatic nitrogens is 2. The molecule has 1 aromatic carbocycles. The molecule has 0 bridgehead atoms. The number of aromatic amines is 1. The van der Waals surface area contributed by atoms with Crippen molar-refractivity contribution in [1.29, 1.82) is 0 Å². The molecule has 72 valence electrons. The van der Waals surface area contributed by atoms with Crippen molar-refractivity contribution in [3.8, 4) is 0 Å². The summed E-state index contributed by atoms with van der Waals surface area (Å²) in [7, 11) is 1.33. The predicted octanol–water partition coefficient (Wildman–Crippen LogP) is 2.00. The molecular weight excluding hydrogens is 204 g/mol. The first kappa shape index (κ1) is 9.02. The Hall–Kier alpha value is -1.55. The summed E-state index contributed by atoms with van der Waals surface area (Å²) >= 11 is 5.83. The molecule has 1 N–H and O–H groups in total. The van der Waals surface area contributed by atoms with Crippen molar-refractivity contribution in [2.24, 2.45) is 0 Å². The number of nitrogens with one attached hydrogen (secondary N) is 1. The maximum atomic E-state index is 11.4. The average Bonchev–Trinajstić information content (AvgIpc) is 2.62. The Kier molecular flexibility index (Phi) is 2.13. The number of fused-ring (bicyclic) bond motifs is 1. The highest BCUT2D eigenvalue weighted by molar-refractivity contribution is 6.32. The average molecular weight is 211 g/mol. The van der Waals surface area contributed by atoms with E-state index in [4.69, 9.17) is 11.6 Å². The van der Waals surface area contributed by atoms with Crippen LogP contribution in [0.3, 0.4) is 0 Å². The summed E-state index contributed by atoms with van der Waals surface area (Å²) in [5.41, 5.74) is 1.14. The van der Waals surface area contributed by atoms with E-state index in [2.05, 4.69) is 14.9 Å². The van der Waals surface area contributed by atoms with Gasteiger partial charge in [-0.25, -0.2) is 4.79 Å². The van der Waals surface area contributed by atoms with Crippen LogP contribution in [0, 0.1) is 0 Å². The number of halogens is 1. The Bertz CT molecular complexity index is 493. The van der Waals surface area contributed by atoms with Crippen molar-refractivity contribution >= 4 is 28.5 Å². The van der Waals surface area contributed by atoms with E-state index in [-0.39, 0.29) is 0 Å². The Balaban J connectivity index is 2.72. The molecule has 0 saturated heterocycles. The largest absolute Gasteiger partial charge is 0.465 e. The molecule has 0 spiro atoms. The first-order chi connectivity index (χ1) is 6.72. The van der Waals surface area contributed by atoms with E-state index in [0.717, 1.165) is 5.52 Å². The third kappa shape index (κ3) is 1.33. The van der Waals surface area contributed by atoms with Crippen molar-refractivity contribution in [2.75, 3.05) is 7.11 Å². The van der Waals surface area contributed by atoms with Gasteiger partial charge in [0, 0.05) is 10.4 Å². The molecule has 0 aliphatic rings. The second-order valence-corrected chi connectivity index (χ2v) is 3.21. The zero-order chi connectivity index (χ0) is 10.1. The van der Waals surface area contributed by atoms with Gasteiger partial charge in [0.05, 0.1) is 24.4 Å². The molecule has 0 saturated carbocycles. The summed E-state index contributed by atoms with van der Waals surface area (Å²) in [6.45, 7) is 0. The predicted molar refractivity (Wildman–Crippen MR) is 52.4 cm³/mol. The van der Waals surface area contributed by atoms with E-state index in [0.29, 0.717) is 16.0 Å². The fourth-order valence-corrected chi connectivity index (χ4v) is 1.51. The molecule has 2 rings (SSSR count). The number of benzene rings is 1. The Morgan fingerprint density at radius 1 is 1.57 bits per heavy atom. The Morgan fingerprint density at radius 3 is 3.07 bits per heavy atom. The van der Waals surface area contributed by atoms with E-state index < -0.39 is 5.97 Å². The smallest absolute Gasteiger partial charge is 0.338 e. The van der Waals surface area contributed by atoms with Gasteiger partial charge in [0.15, 0.2) is 0 Å². The molecule has 0 atom stereocenters. The van der Waals surface area contributed by atoms with Gasteiger partial charge >= 0.3 is 5.97 Å². The number of carbonyl (C=O) groups is 1. The lowest BCUT2D eigenvalue weighted by molar-refractivity contribution is 0.0603. The molecule has 0 aliphatic heterocycles. The second-order valence-electron chi connectivity index (χ2n) is 2.78. The number of esters is 1. The molecule has 1 aromatic heterocycles. The van der Waals surface area contributed by atoms with Crippen LogP contribution in [0.5, 0.6) is 0 Å². The fourth-order valence-electron chi connectivity index (χ4n) is 1.29. The molecule has 4 nitrogen and oxygen atoms in total. The van der Waals surface area contributed by atoms with Crippen LogP contribution in [-0.2, 0) is 4.74 Å². The van der Waals surface area contributed by atoms with Gasteiger partial charge in [-0.15, -0.1) is 0 Å². The van der Waals surface area contributed by atoms with Gasteiger partial charge in [-0.3, -0.25) is 5.10 Å². The van der Waals surface area contributed by atoms with Crippen molar-refractivity contribution in [1.82, 2.24) is 10.2 Å². The van der Waals surface area contributed by atoms with Crippen LogP contribution >= 0.6 is 11.6 Å². The normalized spacial score (nSPS) is 10.4. The molecule has 1 heterocycles. The topological polar surface area (TPSA) is 55.0 Å². The van der Waals surface area contributed by atoms with Gasteiger partial charge in [-0.1, -0.05) is 11.6 Å². The quantitative estimate of drug-likeness (QED) is 0.733. The van der Waals surface area contributed by atoms with E-state index in [1.54, 1.807) is 18.3 Å². The highest BCUT2D eigenvalue weighted by Gasteiger charge is 2.12. The zero-order valence-corrected chi connectivity index (χ0v) is 8.13. The highest BCUT2D eigenvalue weighted by Crippen LogP contribution is 2.22. The summed E-state index contributed by atoms with van der Waals surface area (Å²) in [6, 6.07) is 3.27. The van der Waals surface area contributed by atoms with Crippen LogP contribution in [0.1, 0.15) is 10.4 Å². The molecular formula is C9H7ClN2O2. The number of hydrogen-bond acceptors (Lipinski definition) is 3. The van der Waals surface area contributed by atoms with Gasteiger partial charge < -0.3 is 4.74 Å². The van der Waals surface area contributed by atoms with E-state index >= 15 is 0 Å². The standard InChI is InChI=1S/C9H7ClN2O2/c1-14-9(13)6-2-5(10)3-8-7(6)4-11-12-8/h2-4H,1H3,(H,11,12). The molecule has 14 heavy (non-hydrogen) atoms. The number of methoxy groups -OCH3 is 1. The van der Waals surface area contributed by atoms with Gasteiger partial charge in [0.1, 0.15) is 0 Å². The van der Waals surface area contributed by atoms with Crippen molar-refractivity contribution in [3.05, 3.63) is 28.9 Å². The number of H-pyrrole nitrogens is 1. The lowest BCUT2D eigenvalue weighted by atomic mass is 10.1. The monoisotopic (exact) mass is 210 g/mol. The van der Waals surface area contributed by atoms with Crippen LogP contribution in [0.2, 0.25) is 5.02 Å². The van der Waals surface area contributed by atoms with Crippen molar-refractivity contribution < 1.29 is 9.53 Å². The summed E-state index contributed by atoms with van der Waals surface area (Å²) in [5, 5.41) is 7.75. The summed E-state index contributed by atoms with van der Waals surface area (Å²) in [4.78, 5) is 11.4. The molecule has 5 heteroatoms. The van der Waals surface area contributed by atoms with Gasteiger partial charge in [0.25, 0.3) is 0 Å². The number of hydrogen-bond donors (Lipinski definition) is 1. The number of nitrogens with zero attached hydrogens (tertiary/aromatic N) is 1. The van der Waals surface area contributed by atoms with Crippen molar-refractivity contribution in [3.63, 3.8) is 0 Å². The number of rotatable bonds is 1. The third-order valence-electron chi connectivity index (χ3n) is 1.93. The summed E-state index contributed by atoms with van der Waals surface area (Å²) in [5.74, 6) is -0.418. The fraction of sp³-hybridized carbons (Fsp3) is 0.111. The van der Waals surface area contributed by atoms with Crippen LogP contribution < -0.4 is 0 Å². The SMILES string of the molecule is COC(=O)c1cc(Cl)cc2[nH]ncc12. The summed E-state index contributed by atoms with van der Waals surface area (Å²) < 4.78 is 4.63. The number of ether oxygens (including phenoxy) is 1. The lowest BCUT2D eigenvalue weighted by Crippen LogP contribution is -2.01. The molecule has 0 radical (unpaired) electrons. The first-order valence-corrected chi connectivity index (χ1v) is 4.31. The molecule has 0 aliphatic carbocycles. The second kappa shape index (κ2) is 3.31. The summed E-state index contributed by atoms with van der Waals surface area (Å²) in [6.07, 6.45) is 1.57. The highest BCUT2D eigenvalue weighted by atomic mass is 35.5. The minimum atomic E-state index is -0.418. The minimum absolute atomic E-state index is 0.418. The van der Waals surface area contributed by atoms with Crippen LogP contribution in [0.4, 0.5) is 0 Å². The Labute approximate surface area is 84.8 Å². The van der Waals surface area contributed by atoms with Crippen molar-refractivity contribution in [2.45, 2.75) is 0 Å². The maximum absolute atomic E-state index is 11.4. The van der Waals surface area contributed by atoms with Gasteiger partial charge in [-0.2, -0.15) is 5.10 Å².